The Kier molecular flexibility index (Phi) is 5.22. The van der Waals surface area contributed by atoms with Gasteiger partial charge in [-0.1, -0.05) is 35.9 Å². The highest BCUT2D eigenvalue weighted by molar-refractivity contribution is 6.30. The number of carbonyl (C=O) groups is 1. The van der Waals surface area contributed by atoms with E-state index in [9.17, 15) is 14.9 Å². The number of nitro benzene ring substituents is 1. The number of allylic oxidation sites excluding steroid dienone is 3. The number of hydrogen-bond acceptors (Lipinski definition) is 3. The summed E-state index contributed by atoms with van der Waals surface area (Å²) in [6.07, 6.45) is 6.13. The topological polar surface area (TPSA) is 60.2 Å². The number of hydrogen-bond donors (Lipinski definition) is 0. The van der Waals surface area contributed by atoms with Crippen LogP contribution >= 0.6 is 11.6 Å². The number of halogens is 1. The zero-order valence-electron chi connectivity index (χ0n) is 11.5. The first-order chi connectivity index (χ1) is 10.6. The summed E-state index contributed by atoms with van der Waals surface area (Å²) in [5.74, 6) is -0.163. The van der Waals surface area contributed by atoms with Crippen molar-refractivity contribution in [2.45, 2.75) is 0 Å². The van der Waals surface area contributed by atoms with Crippen LogP contribution in [0.1, 0.15) is 15.9 Å². The summed E-state index contributed by atoms with van der Waals surface area (Å²) in [5.41, 5.74) is 1.03. The molecule has 22 heavy (non-hydrogen) atoms. The summed E-state index contributed by atoms with van der Waals surface area (Å²) >= 11 is 5.76. The Bertz CT molecular complexity index is 749. The van der Waals surface area contributed by atoms with E-state index in [1.54, 1.807) is 60.7 Å². The molecule has 0 aliphatic rings. The number of ketones is 1. The third-order valence-corrected chi connectivity index (χ3v) is 3.15. The molecule has 0 aromatic heterocycles. The van der Waals surface area contributed by atoms with Crippen LogP contribution in [0.15, 0.2) is 66.8 Å². The van der Waals surface area contributed by atoms with E-state index >= 15 is 0 Å². The van der Waals surface area contributed by atoms with Crippen LogP contribution in [-0.2, 0) is 0 Å². The molecule has 2 aromatic rings. The summed E-state index contributed by atoms with van der Waals surface area (Å²) in [5, 5.41) is 11.4. The summed E-state index contributed by atoms with van der Waals surface area (Å²) < 4.78 is 0. The fourth-order valence-corrected chi connectivity index (χ4v) is 1.93. The minimum atomic E-state index is -0.442. The minimum Gasteiger partial charge on any atom is -0.289 e. The molecule has 0 bridgehead atoms. The zero-order chi connectivity index (χ0) is 15.9. The molecule has 110 valence electrons. The Hall–Kier alpha value is -2.72. The maximum Gasteiger partial charge on any atom is 0.276 e. The first-order valence-electron chi connectivity index (χ1n) is 6.46. The molecule has 0 spiro atoms. The van der Waals surface area contributed by atoms with Crippen molar-refractivity contribution in [3.63, 3.8) is 0 Å². The summed E-state index contributed by atoms with van der Waals surface area (Å²) in [6, 6.07) is 13.0. The van der Waals surface area contributed by atoms with Crippen molar-refractivity contribution >= 4 is 29.1 Å². The fourth-order valence-electron chi connectivity index (χ4n) is 1.81. The Morgan fingerprint density at radius 1 is 1.05 bits per heavy atom. The van der Waals surface area contributed by atoms with E-state index in [0.717, 1.165) is 0 Å². The molecule has 0 N–H and O–H groups in total. The van der Waals surface area contributed by atoms with E-state index in [-0.39, 0.29) is 11.5 Å². The number of carbonyl (C=O) groups excluding carboxylic acids is 1. The van der Waals surface area contributed by atoms with Crippen LogP contribution in [-0.4, -0.2) is 10.7 Å². The second-order valence-electron chi connectivity index (χ2n) is 4.41. The Labute approximate surface area is 132 Å². The standard InChI is InChI=1S/C17H12ClNO3/c18-15-11-9-14(10-12-15)17(20)8-4-2-6-13-5-1-3-7-16(13)19(21)22/h1-12H/b6-2+,8-4+. The molecular weight excluding hydrogens is 302 g/mol. The first-order valence-corrected chi connectivity index (χ1v) is 6.84. The van der Waals surface area contributed by atoms with Crippen LogP contribution in [0.25, 0.3) is 6.08 Å². The molecule has 0 amide bonds. The van der Waals surface area contributed by atoms with E-state index < -0.39 is 4.92 Å². The molecule has 2 rings (SSSR count). The largest absolute Gasteiger partial charge is 0.289 e. The van der Waals surface area contributed by atoms with Gasteiger partial charge < -0.3 is 0 Å². The van der Waals surface area contributed by atoms with Crippen LogP contribution < -0.4 is 0 Å². The highest BCUT2D eigenvalue weighted by Gasteiger charge is 2.08. The molecule has 0 heterocycles. The van der Waals surface area contributed by atoms with E-state index in [2.05, 4.69) is 0 Å². The van der Waals surface area contributed by atoms with Gasteiger partial charge in [0.25, 0.3) is 5.69 Å². The molecule has 0 fully saturated rings. The molecule has 0 saturated heterocycles. The molecular formula is C17H12ClNO3. The lowest BCUT2D eigenvalue weighted by Gasteiger charge is -1.96. The van der Waals surface area contributed by atoms with E-state index in [0.29, 0.717) is 16.1 Å². The van der Waals surface area contributed by atoms with Crippen molar-refractivity contribution in [1.82, 2.24) is 0 Å². The first kappa shape index (κ1) is 15.7. The van der Waals surface area contributed by atoms with Gasteiger partial charge in [0, 0.05) is 16.7 Å². The van der Waals surface area contributed by atoms with Crippen LogP contribution in [0.2, 0.25) is 5.02 Å². The fraction of sp³-hybridized carbons (Fsp3) is 0. The Balaban J connectivity index is 2.07. The summed E-state index contributed by atoms with van der Waals surface area (Å²) in [6.45, 7) is 0. The molecule has 0 unspecified atom stereocenters. The van der Waals surface area contributed by atoms with E-state index in [4.69, 9.17) is 11.6 Å². The van der Waals surface area contributed by atoms with E-state index in [1.807, 2.05) is 0 Å². The molecule has 0 atom stereocenters. The number of nitrogens with zero attached hydrogens (tertiary/aromatic N) is 1. The zero-order valence-corrected chi connectivity index (χ0v) is 12.2. The third-order valence-electron chi connectivity index (χ3n) is 2.90. The van der Waals surface area contributed by atoms with Crippen molar-refractivity contribution < 1.29 is 9.72 Å². The maximum atomic E-state index is 11.9. The predicted molar refractivity (Wildman–Crippen MR) is 87.1 cm³/mol. The molecule has 0 saturated carbocycles. The van der Waals surface area contributed by atoms with Crippen LogP contribution in [0.5, 0.6) is 0 Å². The molecule has 0 aliphatic heterocycles. The SMILES string of the molecule is O=C(/C=C/C=C/c1ccccc1[N+](=O)[O-])c1ccc(Cl)cc1. The lowest BCUT2D eigenvalue weighted by Crippen LogP contribution is -1.92. The van der Waals surface area contributed by atoms with Crippen molar-refractivity contribution in [2.24, 2.45) is 0 Å². The van der Waals surface area contributed by atoms with Gasteiger partial charge in [0.05, 0.1) is 10.5 Å². The van der Waals surface area contributed by atoms with Crippen molar-refractivity contribution in [1.29, 1.82) is 0 Å². The monoisotopic (exact) mass is 313 g/mol. The molecule has 2 aromatic carbocycles. The van der Waals surface area contributed by atoms with Crippen LogP contribution in [0, 0.1) is 10.1 Å². The molecule has 0 radical (unpaired) electrons. The Morgan fingerprint density at radius 3 is 2.41 bits per heavy atom. The average molecular weight is 314 g/mol. The summed E-state index contributed by atoms with van der Waals surface area (Å²) in [7, 11) is 0. The van der Waals surface area contributed by atoms with Gasteiger partial charge in [0.1, 0.15) is 0 Å². The van der Waals surface area contributed by atoms with E-state index in [1.165, 1.54) is 12.1 Å². The van der Waals surface area contributed by atoms with Gasteiger partial charge in [-0.25, -0.2) is 0 Å². The number of rotatable bonds is 5. The average Bonchev–Trinajstić information content (AvgIpc) is 2.52. The smallest absolute Gasteiger partial charge is 0.276 e. The van der Waals surface area contributed by atoms with Gasteiger partial charge in [0.15, 0.2) is 5.78 Å². The normalized spacial score (nSPS) is 11.1. The Morgan fingerprint density at radius 2 is 1.73 bits per heavy atom. The second kappa shape index (κ2) is 7.33. The van der Waals surface area contributed by atoms with Gasteiger partial charge in [-0.3, -0.25) is 14.9 Å². The molecule has 4 nitrogen and oxygen atoms in total. The van der Waals surface area contributed by atoms with Gasteiger partial charge in [-0.2, -0.15) is 0 Å². The van der Waals surface area contributed by atoms with Gasteiger partial charge in [-0.15, -0.1) is 0 Å². The highest BCUT2D eigenvalue weighted by Crippen LogP contribution is 2.18. The number of para-hydroxylation sites is 1. The quantitative estimate of drug-likeness (QED) is 0.264. The van der Waals surface area contributed by atoms with Crippen LogP contribution in [0.4, 0.5) is 5.69 Å². The van der Waals surface area contributed by atoms with Gasteiger partial charge in [-0.05, 0) is 42.5 Å². The summed E-state index contributed by atoms with van der Waals surface area (Å²) in [4.78, 5) is 22.3. The van der Waals surface area contributed by atoms with Crippen LogP contribution in [0.3, 0.4) is 0 Å². The third kappa shape index (κ3) is 4.14. The number of benzene rings is 2. The number of nitro groups is 1. The lowest BCUT2D eigenvalue weighted by atomic mass is 10.1. The van der Waals surface area contributed by atoms with Crippen molar-refractivity contribution in [3.05, 3.63) is 93.0 Å². The van der Waals surface area contributed by atoms with Gasteiger partial charge in [0.2, 0.25) is 0 Å². The van der Waals surface area contributed by atoms with Crippen molar-refractivity contribution in [3.8, 4) is 0 Å². The maximum absolute atomic E-state index is 11.9. The van der Waals surface area contributed by atoms with Crippen molar-refractivity contribution in [2.75, 3.05) is 0 Å². The molecule has 5 heteroatoms. The molecule has 0 aliphatic carbocycles. The second-order valence-corrected chi connectivity index (χ2v) is 4.84. The minimum absolute atomic E-state index is 0.0242. The lowest BCUT2D eigenvalue weighted by molar-refractivity contribution is -0.385. The van der Waals surface area contributed by atoms with Gasteiger partial charge >= 0.3 is 0 Å². The highest BCUT2D eigenvalue weighted by atomic mass is 35.5. The predicted octanol–water partition coefficient (Wildman–Crippen LogP) is 4.70.